The molecule has 0 spiro atoms. The van der Waals surface area contributed by atoms with Crippen LogP contribution in [0, 0.1) is 0 Å². The van der Waals surface area contributed by atoms with Crippen LogP contribution in [0.15, 0.2) is 18.2 Å². The first-order valence-corrected chi connectivity index (χ1v) is 6.34. The Morgan fingerprint density at radius 1 is 1.16 bits per heavy atom. The van der Waals surface area contributed by atoms with Crippen LogP contribution in [0.1, 0.15) is 29.6 Å². The lowest BCUT2D eigenvalue weighted by Crippen LogP contribution is -2.18. The summed E-state index contributed by atoms with van der Waals surface area (Å²) in [5.41, 5.74) is 0.549. The fourth-order valence-electron chi connectivity index (χ4n) is 1.83. The lowest BCUT2D eigenvalue weighted by molar-refractivity contribution is -0.120. The van der Waals surface area contributed by atoms with Gasteiger partial charge in [-0.05, 0) is 18.2 Å². The van der Waals surface area contributed by atoms with E-state index in [-0.39, 0.29) is 24.5 Å². The van der Waals surface area contributed by atoms with Gasteiger partial charge < -0.3 is 14.8 Å². The number of hydrogen-bond acceptors (Lipinski definition) is 4. The number of amides is 1. The van der Waals surface area contributed by atoms with E-state index in [2.05, 4.69) is 5.32 Å². The van der Waals surface area contributed by atoms with Crippen LogP contribution < -0.4 is 14.8 Å². The van der Waals surface area contributed by atoms with Crippen molar-refractivity contribution in [2.24, 2.45) is 0 Å². The molecule has 1 heterocycles. The smallest absolute Gasteiger partial charge is 0.220 e. The number of rotatable bonds is 4. The molecule has 0 radical (unpaired) electrons. The Bertz CT molecular complexity index is 484. The van der Waals surface area contributed by atoms with Gasteiger partial charge in [-0.15, -0.1) is 0 Å². The molecule has 1 aliphatic rings. The minimum Gasteiger partial charge on any atom is -0.490 e. The first-order valence-electron chi connectivity index (χ1n) is 6.34. The molecule has 5 heteroatoms. The summed E-state index contributed by atoms with van der Waals surface area (Å²) in [5.74, 6) is 1.06. The lowest BCUT2D eigenvalue weighted by atomic mass is 10.1. The summed E-state index contributed by atoms with van der Waals surface area (Å²) in [5, 5.41) is 2.49. The Kier molecular flexibility index (Phi) is 4.39. The Labute approximate surface area is 111 Å². The third kappa shape index (κ3) is 3.47. The molecule has 102 valence electrons. The fourth-order valence-corrected chi connectivity index (χ4v) is 1.83. The van der Waals surface area contributed by atoms with Gasteiger partial charge in [0.05, 0.1) is 13.2 Å². The number of hydrogen-bond donors (Lipinski definition) is 1. The average molecular weight is 263 g/mol. The molecule has 1 aromatic carbocycles. The zero-order chi connectivity index (χ0) is 13.7. The highest BCUT2D eigenvalue weighted by molar-refractivity contribution is 5.98. The van der Waals surface area contributed by atoms with Crippen LogP contribution in [0.5, 0.6) is 11.5 Å². The number of carbonyl (C=O) groups excluding carboxylic acids is 2. The lowest BCUT2D eigenvalue weighted by Gasteiger charge is -2.08. The summed E-state index contributed by atoms with van der Waals surface area (Å²) < 4.78 is 11.0. The van der Waals surface area contributed by atoms with Gasteiger partial charge in [0.2, 0.25) is 5.91 Å². The summed E-state index contributed by atoms with van der Waals surface area (Å²) >= 11 is 0. The zero-order valence-electron chi connectivity index (χ0n) is 10.9. The van der Waals surface area contributed by atoms with E-state index in [4.69, 9.17) is 9.47 Å². The fraction of sp³-hybridized carbons (Fsp3) is 0.429. The number of benzene rings is 1. The monoisotopic (exact) mass is 263 g/mol. The highest BCUT2D eigenvalue weighted by Gasteiger charge is 2.14. The van der Waals surface area contributed by atoms with Crippen LogP contribution >= 0.6 is 0 Å². The number of fused-ring (bicyclic) bond motifs is 1. The Hall–Kier alpha value is -2.04. The minimum absolute atomic E-state index is 0.0701. The topological polar surface area (TPSA) is 64.6 Å². The van der Waals surface area contributed by atoms with E-state index in [1.165, 1.54) is 0 Å². The maximum absolute atomic E-state index is 12.0. The van der Waals surface area contributed by atoms with E-state index in [1.807, 2.05) is 0 Å². The second-order valence-electron chi connectivity index (χ2n) is 4.31. The van der Waals surface area contributed by atoms with E-state index < -0.39 is 0 Å². The van der Waals surface area contributed by atoms with Gasteiger partial charge >= 0.3 is 0 Å². The van der Waals surface area contributed by atoms with Crippen molar-refractivity contribution >= 4 is 11.7 Å². The Morgan fingerprint density at radius 2 is 1.89 bits per heavy atom. The zero-order valence-corrected chi connectivity index (χ0v) is 10.9. The van der Waals surface area contributed by atoms with Gasteiger partial charge in [-0.1, -0.05) is 0 Å². The van der Waals surface area contributed by atoms with Crippen molar-refractivity contribution in [3.63, 3.8) is 0 Å². The third-order valence-corrected chi connectivity index (χ3v) is 2.93. The molecule has 5 nitrogen and oxygen atoms in total. The van der Waals surface area contributed by atoms with Crippen molar-refractivity contribution in [2.45, 2.75) is 19.3 Å². The molecule has 0 fully saturated rings. The van der Waals surface area contributed by atoms with E-state index in [1.54, 1.807) is 25.2 Å². The molecule has 0 saturated heterocycles. The van der Waals surface area contributed by atoms with Crippen molar-refractivity contribution < 1.29 is 19.1 Å². The summed E-state index contributed by atoms with van der Waals surface area (Å²) in [6.45, 7) is 1.21. The maximum Gasteiger partial charge on any atom is 0.220 e. The van der Waals surface area contributed by atoms with Gasteiger partial charge in [0.15, 0.2) is 17.3 Å². The normalized spacial score (nSPS) is 13.5. The predicted octanol–water partition coefficient (Wildman–Crippen LogP) is 1.56. The molecule has 0 saturated carbocycles. The van der Waals surface area contributed by atoms with Gasteiger partial charge in [0, 0.05) is 31.9 Å². The highest BCUT2D eigenvalue weighted by atomic mass is 16.5. The van der Waals surface area contributed by atoms with Gasteiger partial charge in [0.25, 0.3) is 0 Å². The Balaban J connectivity index is 2.06. The first-order chi connectivity index (χ1) is 9.20. The van der Waals surface area contributed by atoms with Crippen molar-refractivity contribution in [2.75, 3.05) is 20.3 Å². The van der Waals surface area contributed by atoms with Crippen LogP contribution in [0.25, 0.3) is 0 Å². The summed E-state index contributed by atoms with van der Waals surface area (Å²) in [7, 11) is 1.56. The van der Waals surface area contributed by atoms with Crippen molar-refractivity contribution in [3.05, 3.63) is 23.8 Å². The molecule has 0 aliphatic carbocycles. The standard InChI is InChI=1S/C14H17NO4/c1-15-14(17)6-4-11(16)10-3-5-12-13(9-10)19-8-2-7-18-12/h3,5,9H,2,4,6-8H2,1H3,(H,15,17). The molecule has 0 unspecified atom stereocenters. The molecular formula is C14H17NO4. The van der Waals surface area contributed by atoms with Crippen LogP contribution in [-0.2, 0) is 4.79 Å². The quantitative estimate of drug-likeness (QED) is 0.837. The van der Waals surface area contributed by atoms with Gasteiger partial charge in [0.1, 0.15) is 0 Å². The van der Waals surface area contributed by atoms with Crippen LogP contribution in [0.4, 0.5) is 0 Å². The van der Waals surface area contributed by atoms with E-state index in [0.717, 1.165) is 6.42 Å². The largest absolute Gasteiger partial charge is 0.490 e. The van der Waals surface area contributed by atoms with Crippen molar-refractivity contribution in [3.8, 4) is 11.5 Å². The third-order valence-electron chi connectivity index (χ3n) is 2.93. The SMILES string of the molecule is CNC(=O)CCC(=O)c1ccc2c(c1)OCCCO2. The van der Waals surface area contributed by atoms with Gasteiger partial charge in [-0.25, -0.2) is 0 Å². The van der Waals surface area contributed by atoms with Crippen LogP contribution in [0.2, 0.25) is 0 Å². The van der Waals surface area contributed by atoms with Gasteiger partial charge in [-0.3, -0.25) is 9.59 Å². The number of ether oxygens (including phenoxy) is 2. The second kappa shape index (κ2) is 6.22. The average Bonchev–Trinajstić information content (AvgIpc) is 2.68. The van der Waals surface area contributed by atoms with Crippen molar-refractivity contribution in [1.82, 2.24) is 5.32 Å². The molecule has 0 bridgehead atoms. The molecule has 1 aliphatic heterocycles. The predicted molar refractivity (Wildman–Crippen MR) is 69.7 cm³/mol. The number of carbonyl (C=O) groups is 2. The summed E-state index contributed by atoms with van der Waals surface area (Å²) in [6, 6.07) is 5.14. The van der Waals surface area contributed by atoms with Gasteiger partial charge in [-0.2, -0.15) is 0 Å². The molecule has 19 heavy (non-hydrogen) atoms. The van der Waals surface area contributed by atoms with E-state index >= 15 is 0 Å². The van der Waals surface area contributed by atoms with Crippen LogP contribution in [0.3, 0.4) is 0 Å². The second-order valence-corrected chi connectivity index (χ2v) is 4.31. The Morgan fingerprint density at radius 3 is 2.63 bits per heavy atom. The number of nitrogens with one attached hydrogen (secondary N) is 1. The van der Waals surface area contributed by atoms with Crippen molar-refractivity contribution in [1.29, 1.82) is 0 Å². The summed E-state index contributed by atoms with van der Waals surface area (Å²) in [6.07, 6.45) is 1.22. The molecule has 0 aromatic heterocycles. The molecular weight excluding hydrogens is 246 g/mol. The molecule has 0 atom stereocenters. The van der Waals surface area contributed by atoms with E-state index in [0.29, 0.717) is 30.3 Å². The number of Topliss-reactive ketones (excluding diaryl/α,β-unsaturated/α-hetero) is 1. The first kappa shape index (κ1) is 13.4. The molecule has 1 amide bonds. The summed E-state index contributed by atoms with van der Waals surface area (Å²) in [4.78, 5) is 23.1. The minimum atomic E-state index is -0.136. The molecule has 1 N–H and O–H groups in total. The molecule has 2 rings (SSSR count). The van der Waals surface area contributed by atoms with Crippen LogP contribution in [-0.4, -0.2) is 32.0 Å². The molecule has 1 aromatic rings. The number of ketones is 1. The highest BCUT2D eigenvalue weighted by Crippen LogP contribution is 2.30. The maximum atomic E-state index is 12.0. The van der Waals surface area contributed by atoms with E-state index in [9.17, 15) is 9.59 Å².